The van der Waals surface area contributed by atoms with Gasteiger partial charge < -0.3 is 10.1 Å². The molecule has 2 atom stereocenters. The molecule has 8 nitrogen and oxygen atoms in total. The smallest absolute Gasteiger partial charge is 0.329 e. The Morgan fingerprint density at radius 3 is 2.52 bits per heavy atom. The zero-order valence-corrected chi connectivity index (χ0v) is 18.1. The van der Waals surface area contributed by atoms with Crippen LogP contribution in [0.2, 0.25) is 0 Å². The number of hydrogen-bond acceptors (Lipinski definition) is 8. The van der Waals surface area contributed by atoms with Crippen LogP contribution in [0.3, 0.4) is 0 Å². The van der Waals surface area contributed by atoms with E-state index < -0.39 is 24.0 Å². The number of amides is 2. The van der Waals surface area contributed by atoms with Gasteiger partial charge in [0.1, 0.15) is 11.0 Å². The number of nitrogens with one attached hydrogen (secondary N) is 2. The molecule has 0 aliphatic carbocycles. The lowest BCUT2D eigenvalue weighted by Gasteiger charge is -2.21. The SMILES string of the molecule is CC[C@@H](OC(=O)[C@H](CCSC)NC(=O)c1ccccc1)C(=O)Nc1nnc(C)s1. The zero-order valence-electron chi connectivity index (χ0n) is 16.5. The Labute approximate surface area is 177 Å². The number of anilines is 1. The first-order valence-electron chi connectivity index (χ1n) is 9.10. The second-order valence-corrected chi connectivity index (χ2v) is 8.29. The average Bonchev–Trinajstić information content (AvgIpc) is 3.13. The van der Waals surface area contributed by atoms with E-state index in [-0.39, 0.29) is 12.3 Å². The van der Waals surface area contributed by atoms with Crippen molar-refractivity contribution in [2.45, 2.75) is 38.8 Å². The van der Waals surface area contributed by atoms with Gasteiger partial charge in [-0.25, -0.2) is 4.79 Å². The van der Waals surface area contributed by atoms with Crippen molar-refractivity contribution in [3.05, 3.63) is 40.9 Å². The molecule has 2 aromatic rings. The van der Waals surface area contributed by atoms with Gasteiger partial charge in [-0.1, -0.05) is 36.5 Å². The van der Waals surface area contributed by atoms with Crippen LogP contribution in [0.5, 0.6) is 0 Å². The Kier molecular flexibility index (Phi) is 9.07. The summed E-state index contributed by atoms with van der Waals surface area (Å²) in [6.45, 7) is 3.51. The van der Waals surface area contributed by atoms with Crippen molar-refractivity contribution in [3.8, 4) is 0 Å². The highest BCUT2D eigenvalue weighted by Crippen LogP contribution is 2.15. The van der Waals surface area contributed by atoms with Crippen molar-refractivity contribution in [1.82, 2.24) is 15.5 Å². The fraction of sp³-hybridized carbons (Fsp3) is 0.421. The van der Waals surface area contributed by atoms with E-state index in [0.29, 0.717) is 27.9 Å². The number of aryl methyl sites for hydroxylation is 1. The standard InChI is InChI=1S/C19H24N4O4S2/c1-4-15(17(25)21-19-23-22-12(2)29-19)27-18(26)14(10-11-28-3)20-16(24)13-8-6-5-7-9-13/h5-9,14-15H,4,10-11H2,1-3H3,(H,20,24)(H,21,23,25)/t14-,15+/m0/s1. The van der Waals surface area contributed by atoms with E-state index in [4.69, 9.17) is 4.74 Å². The zero-order chi connectivity index (χ0) is 21.2. The quantitative estimate of drug-likeness (QED) is 0.551. The third kappa shape index (κ3) is 7.13. The first-order chi connectivity index (χ1) is 13.9. The van der Waals surface area contributed by atoms with Crippen LogP contribution >= 0.6 is 23.1 Å². The van der Waals surface area contributed by atoms with Crippen LogP contribution in [0.1, 0.15) is 35.1 Å². The highest BCUT2D eigenvalue weighted by molar-refractivity contribution is 7.98. The van der Waals surface area contributed by atoms with E-state index in [2.05, 4.69) is 20.8 Å². The van der Waals surface area contributed by atoms with Crippen LogP contribution in [0.4, 0.5) is 5.13 Å². The molecule has 0 aliphatic heterocycles. The molecule has 1 aromatic heterocycles. The van der Waals surface area contributed by atoms with Gasteiger partial charge in [-0.2, -0.15) is 11.8 Å². The molecule has 156 valence electrons. The van der Waals surface area contributed by atoms with Crippen molar-refractivity contribution < 1.29 is 19.1 Å². The van der Waals surface area contributed by atoms with E-state index in [1.54, 1.807) is 55.9 Å². The minimum Gasteiger partial charge on any atom is -0.451 e. The number of nitrogens with zero attached hydrogens (tertiary/aromatic N) is 2. The van der Waals surface area contributed by atoms with Gasteiger partial charge in [0.15, 0.2) is 6.10 Å². The first-order valence-corrected chi connectivity index (χ1v) is 11.3. The summed E-state index contributed by atoms with van der Waals surface area (Å²) in [4.78, 5) is 37.6. The first kappa shape index (κ1) is 22.8. The third-order valence-electron chi connectivity index (χ3n) is 3.91. The molecule has 2 rings (SSSR count). The highest BCUT2D eigenvalue weighted by atomic mass is 32.2. The van der Waals surface area contributed by atoms with Crippen molar-refractivity contribution in [2.24, 2.45) is 0 Å². The summed E-state index contributed by atoms with van der Waals surface area (Å²) >= 11 is 2.78. The normalized spacial score (nSPS) is 12.7. The molecule has 2 N–H and O–H groups in total. The molecule has 1 aromatic carbocycles. The number of carbonyl (C=O) groups excluding carboxylic acids is 3. The summed E-state index contributed by atoms with van der Waals surface area (Å²) in [6, 6.07) is 7.78. The van der Waals surface area contributed by atoms with Gasteiger partial charge >= 0.3 is 5.97 Å². The topological polar surface area (TPSA) is 110 Å². The molecule has 0 spiro atoms. The fourth-order valence-corrected chi connectivity index (χ4v) is 3.46. The Morgan fingerprint density at radius 1 is 1.21 bits per heavy atom. The number of ether oxygens (including phenoxy) is 1. The molecular formula is C19H24N4O4S2. The molecule has 0 saturated heterocycles. The molecule has 0 radical (unpaired) electrons. The van der Waals surface area contributed by atoms with Crippen molar-refractivity contribution in [3.63, 3.8) is 0 Å². The van der Waals surface area contributed by atoms with Gasteiger partial charge in [-0.05, 0) is 43.9 Å². The molecule has 0 saturated carbocycles. The second kappa shape index (κ2) is 11.5. The summed E-state index contributed by atoms with van der Waals surface area (Å²) in [7, 11) is 0. The molecule has 0 bridgehead atoms. The minimum atomic E-state index is -0.989. The fourth-order valence-electron chi connectivity index (χ4n) is 2.39. The average molecular weight is 437 g/mol. The van der Waals surface area contributed by atoms with Crippen molar-refractivity contribution in [1.29, 1.82) is 0 Å². The number of aromatic nitrogens is 2. The lowest BCUT2D eigenvalue weighted by molar-refractivity contribution is -0.156. The number of carbonyl (C=O) groups is 3. The number of esters is 1. The van der Waals surface area contributed by atoms with E-state index in [1.165, 1.54) is 11.3 Å². The summed E-state index contributed by atoms with van der Waals surface area (Å²) in [5, 5.41) is 14.0. The monoisotopic (exact) mass is 436 g/mol. The van der Waals surface area contributed by atoms with E-state index in [9.17, 15) is 14.4 Å². The van der Waals surface area contributed by atoms with Gasteiger partial charge in [-0.3, -0.25) is 14.9 Å². The maximum atomic E-state index is 12.7. The van der Waals surface area contributed by atoms with Crippen LogP contribution in [0.25, 0.3) is 0 Å². The summed E-state index contributed by atoms with van der Waals surface area (Å²) in [6.07, 6.45) is 1.61. The summed E-state index contributed by atoms with van der Waals surface area (Å²) in [5.41, 5.74) is 0.450. The Balaban J connectivity index is 2.02. The van der Waals surface area contributed by atoms with E-state index in [0.717, 1.165) is 0 Å². The molecule has 0 unspecified atom stereocenters. The maximum absolute atomic E-state index is 12.7. The minimum absolute atomic E-state index is 0.289. The lowest BCUT2D eigenvalue weighted by Crippen LogP contribution is -2.45. The predicted octanol–water partition coefficient (Wildman–Crippen LogP) is 2.66. The number of hydrogen-bond donors (Lipinski definition) is 2. The number of thioether (sulfide) groups is 1. The Bertz CT molecular complexity index is 829. The van der Waals surface area contributed by atoms with Crippen LogP contribution in [0, 0.1) is 6.92 Å². The van der Waals surface area contributed by atoms with Gasteiger partial charge in [0.05, 0.1) is 0 Å². The molecule has 0 fully saturated rings. The summed E-state index contributed by atoms with van der Waals surface area (Å²) < 4.78 is 5.42. The molecular weight excluding hydrogens is 412 g/mol. The van der Waals surface area contributed by atoms with Crippen molar-refractivity contribution in [2.75, 3.05) is 17.3 Å². The highest BCUT2D eigenvalue weighted by Gasteiger charge is 2.28. The lowest BCUT2D eigenvalue weighted by atomic mass is 10.1. The summed E-state index contributed by atoms with van der Waals surface area (Å²) in [5.74, 6) is -0.828. The third-order valence-corrected chi connectivity index (χ3v) is 5.31. The Morgan fingerprint density at radius 2 is 1.93 bits per heavy atom. The predicted molar refractivity (Wildman–Crippen MR) is 114 cm³/mol. The van der Waals surface area contributed by atoms with Crippen LogP contribution in [-0.2, 0) is 14.3 Å². The number of rotatable bonds is 10. The molecule has 1 heterocycles. The number of benzene rings is 1. The van der Waals surface area contributed by atoms with Gasteiger partial charge in [-0.15, -0.1) is 10.2 Å². The Hall–Kier alpha value is -2.46. The maximum Gasteiger partial charge on any atom is 0.329 e. The molecule has 29 heavy (non-hydrogen) atoms. The molecule has 2 amide bonds. The largest absolute Gasteiger partial charge is 0.451 e. The van der Waals surface area contributed by atoms with Crippen molar-refractivity contribution >= 4 is 46.0 Å². The van der Waals surface area contributed by atoms with E-state index in [1.807, 2.05) is 6.26 Å². The van der Waals surface area contributed by atoms with Gasteiger partial charge in [0.2, 0.25) is 5.13 Å². The van der Waals surface area contributed by atoms with Crippen LogP contribution in [0.15, 0.2) is 30.3 Å². The van der Waals surface area contributed by atoms with Crippen LogP contribution in [-0.4, -0.2) is 52.1 Å². The second-order valence-electron chi connectivity index (χ2n) is 6.12. The van der Waals surface area contributed by atoms with Gasteiger partial charge in [0, 0.05) is 5.56 Å². The van der Waals surface area contributed by atoms with Gasteiger partial charge in [0.25, 0.3) is 11.8 Å². The van der Waals surface area contributed by atoms with Crippen LogP contribution < -0.4 is 10.6 Å². The molecule has 10 heteroatoms. The van der Waals surface area contributed by atoms with E-state index >= 15 is 0 Å². The molecule has 0 aliphatic rings.